The number of hydrogen-bond acceptors (Lipinski definition) is 2. The van der Waals surface area contributed by atoms with Crippen molar-refractivity contribution in [3.63, 3.8) is 0 Å². The third kappa shape index (κ3) is 6.30. The van der Waals surface area contributed by atoms with E-state index in [0.29, 0.717) is 0 Å². The van der Waals surface area contributed by atoms with Crippen molar-refractivity contribution in [2.45, 2.75) is 129 Å². The van der Waals surface area contributed by atoms with E-state index in [2.05, 4.69) is 173 Å². The molecular formula is C56H62N2. The van der Waals surface area contributed by atoms with Crippen LogP contribution in [0, 0.1) is 27.7 Å². The Morgan fingerprint density at radius 2 is 0.793 bits per heavy atom. The van der Waals surface area contributed by atoms with E-state index in [1.165, 1.54) is 143 Å². The molecule has 0 amide bonds. The van der Waals surface area contributed by atoms with E-state index in [1.54, 1.807) is 11.1 Å². The minimum absolute atomic E-state index is 0.144. The topological polar surface area (TPSA) is 6.48 Å². The van der Waals surface area contributed by atoms with E-state index in [4.69, 9.17) is 0 Å². The van der Waals surface area contributed by atoms with Crippen molar-refractivity contribution in [2.24, 2.45) is 0 Å². The number of unbranched alkanes of at least 4 members (excludes halogenated alkanes) is 2. The summed E-state index contributed by atoms with van der Waals surface area (Å²) in [7, 11) is 0. The maximum Gasteiger partial charge on any atom is 0.0520 e. The van der Waals surface area contributed by atoms with Gasteiger partial charge in [-0.2, -0.15) is 0 Å². The molecule has 2 nitrogen and oxygen atoms in total. The fourth-order valence-electron chi connectivity index (χ4n) is 12.1. The summed E-state index contributed by atoms with van der Waals surface area (Å²) in [6.45, 7) is 13.9. The maximum atomic E-state index is 2.64. The van der Waals surface area contributed by atoms with E-state index in [1.807, 2.05) is 0 Å². The van der Waals surface area contributed by atoms with Gasteiger partial charge in [0.1, 0.15) is 0 Å². The Hall–Kier alpha value is -5.08. The minimum atomic E-state index is 0.144. The van der Waals surface area contributed by atoms with E-state index < -0.39 is 0 Å². The molecule has 0 radical (unpaired) electrons. The Morgan fingerprint density at radius 3 is 1.14 bits per heavy atom. The number of anilines is 6. The number of aryl methyl sites for hydroxylation is 6. The molecule has 58 heavy (non-hydrogen) atoms. The number of para-hydroxylation sites is 2. The summed E-state index contributed by atoms with van der Waals surface area (Å²) in [4.78, 5) is 5.12. The lowest BCUT2D eigenvalue weighted by atomic mass is 9.55. The average Bonchev–Trinajstić information content (AvgIpc) is 3.81. The molecular weight excluding hydrogens is 701 g/mol. The lowest BCUT2D eigenvalue weighted by Crippen LogP contribution is -2.43. The number of fused-ring (bicyclic) bond motifs is 3. The van der Waals surface area contributed by atoms with Crippen molar-refractivity contribution in [1.82, 2.24) is 0 Å². The molecule has 0 aliphatic heterocycles. The molecule has 6 aromatic carbocycles. The van der Waals surface area contributed by atoms with Crippen molar-refractivity contribution in [3.05, 3.63) is 166 Å². The third-order valence-electron chi connectivity index (χ3n) is 14.4. The smallest absolute Gasteiger partial charge is 0.0520 e. The van der Waals surface area contributed by atoms with E-state index in [0.717, 1.165) is 12.8 Å². The number of hydrogen-bond donors (Lipinski definition) is 0. The Morgan fingerprint density at radius 1 is 0.431 bits per heavy atom. The summed E-state index contributed by atoms with van der Waals surface area (Å²) in [6, 6.07) is 47.1. The van der Waals surface area contributed by atoms with Gasteiger partial charge in [-0.1, -0.05) is 112 Å². The van der Waals surface area contributed by atoms with Gasteiger partial charge in [-0.3, -0.25) is 0 Å². The van der Waals surface area contributed by atoms with Gasteiger partial charge in [-0.25, -0.2) is 0 Å². The van der Waals surface area contributed by atoms with Gasteiger partial charge in [0.2, 0.25) is 0 Å². The first-order valence-electron chi connectivity index (χ1n) is 22.5. The van der Waals surface area contributed by atoms with Gasteiger partial charge in [-0.05, 0) is 183 Å². The molecule has 0 bridgehead atoms. The van der Waals surface area contributed by atoms with Crippen molar-refractivity contribution < 1.29 is 0 Å². The van der Waals surface area contributed by atoms with Crippen molar-refractivity contribution in [2.75, 3.05) is 9.80 Å². The highest BCUT2D eigenvalue weighted by Gasteiger charge is 2.62. The number of nitrogens with zero attached hydrogens (tertiary/aromatic N) is 2. The van der Waals surface area contributed by atoms with Gasteiger partial charge in [0.05, 0.1) is 11.4 Å². The fourth-order valence-corrected chi connectivity index (χ4v) is 12.1. The molecule has 0 aromatic heterocycles. The van der Waals surface area contributed by atoms with Crippen LogP contribution in [-0.4, -0.2) is 0 Å². The molecule has 0 unspecified atom stereocenters. The number of benzene rings is 6. The zero-order valence-electron chi connectivity index (χ0n) is 35.9. The summed E-state index contributed by atoms with van der Waals surface area (Å²) < 4.78 is 0. The van der Waals surface area contributed by atoms with Crippen molar-refractivity contribution in [1.29, 1.82) is 0 Å². The zero-order chi connectivity index (χ0) is 40.0. The van der Waals surface area contributed by atoms with Crippen molar-refractivity contribution in [3.8, 4) is 11.1 Å². The fraction of sp³-hybridized carbons (Fsp3) is 0.357. The van der Waals surface area contributed by atoms with Crippen LogP contribution in [0.1, 0.15) is 123 Å². The van der Waals surface area contributed by atoms with Crippen LogP contribution in [-0.2, 0) is 23.7 Å². The normalized spacial score (nSPS) is 19.0. The molecule has 9 rings (SSSR count). The van der Waals surface area contributed by atoms with Crippen LogP contribution < -0.4 is 9.80 Å². The van der Waals surface area contributed by atoms with Crippen LogP contribution in [0.15, 0.2) is 121 Å². The van der Waals surface area contributed by atoms with Crippen LogP contribution in [0.4, 0.5) is 34.1 Å². The van der Waals surface area contributed by atoms with E-state index in [-0.39, 0.29) is 10.8 Å². The molecule has 2 heteroatoms. The van der Waals surface area contributed by atoms with Gasteiger partial charge in [-0.15, -0.1) is 0 Å². The summed E-state index contributed by atoms with van der Waals surface area (Å²) in [6.07, 6.45) is 14.8. The minimum Gasteiger partial charge on any atom is -0.310 e. The molecule has 6 aromatic rings. The quantitative estimate of drug-likeness (QED) is 0.122. The highest BCUT2D eigenvalue weighted by molar-refractivity contribution is 5.88. The number of rotatable bonds is 12. The van der Waals surface area contributed by atoms with Crippen LogP contribution in [0.3, 0.4) is 0 Å². The van der Waals surface area contributed by atoms with Crippen molar-refractivity contribution >= 4 is 34.1 Å². The molecule has 3 aliphatic rings. The largest absolute Gasteiger partial charge is 0.310 e. The molecule has 296 valence electrons. The summed E-state index contributed by atoms with van der Waals surface area (Å²) in [5.41, 5.74) is 22.3. The SMILES string of the molecule is CCCCc1cc(C)c(N(c2ccccc2)c2ccc3c(c2)[C@]24CCC[C@]2(CCC4)c2cc(N(c4ccccc4)c4c(C)cc(CCCC)cc4C)ccc2-3)c(C)c1. The molecule has 0 atom stereocenters. The Bertz CT molecular complexity index is 2210. The molecule has 3 aliphatic carbocycles. The highest BCUT2D eigenvalue weighted by Crippen LogP contribution is 2.70. The average molecular weight is 763 g/mol. The molecule has 2 fully saturated rings. The van der Waals surface area contributed by atoms with E-state index in [9.17, 15) is 0 Å². The van der Waals surface area contributed by atoms with Crippen LogP contribution in [0.25, 0.3) is 11.1 Å². The first kappa shape index (κ1) is 38.4. The second-order valence-corrected chi connectivity index (χ2v) is 18.0. The molecule has 0 spiro atoms. The monoisotopic (exact) mass is 762 g/mol. The van der Waals surface area contributed by atoms with Gasteiger partial charge in [0.15, 0.2) is 0 Å². The second kappa shape index (κ2) is 15.6. The lowest BCUT2D eigenvalue weighted by molar-refractivity contribution is 0.299. The van der Waals surface area contributed by atoms with Gasteiger partial charge in [0, 0.05) is 33.6 Å². The first-order chi connectivity index (χ1) is 28.3. The maximum absolute atomic E-state index is 2.64. The zero-order valence-corrected chi connectivity index (χ0v) is 35.9. The molecule has 0 saturated heterocycles. The van der Waals surface area contributed by atoms with Crippen LogP contribution in [0.5, 0.6) is 0 Å². The Kier molecular flexibility index (Phi) is 10.3. The summed E-state index contributed by atoms with van der Waals surface area (Å²) in [5, 5.41) is 0. The molecule has 2 saturated carbocycles. The molecule has 0 N–H and O–H groups in total. The lowest BCUT2D eigenvalue weighted by Gasteiger charge is -2.48. The summed E-state index contributed by atoms with van der Waals surface area (Å²) in [5.74, 6) is 0. The van der Waals surface area contributed by atoms with Gasteiger partial charge < -0.3 is 9.80 Å². The van der Waals surface area contributed by atoms with Gasteiger partial charge in [0.25, 0.3) is 0 Å². The Labute approximate surface area is 349 Å². The molecule has 0 heterocycles. The third-order valence-corrected chi connectivity index (χ3v) is 14.4. The van der Waals surface area contributed by atoms with Crippen LogP contribution in [0.2, 0.25) is 0 Å². The predicted octanol–water partition coefficient (Wildman–Crippen LogP) is 16.1. The predicted molar refractivity (Wildman–Crippen MR) is 248 cm³/mol. The van der Waals surface area contributed by atoms with Gasteiger partial charge >= 0.3 is 0 Å². The second-order valence-electron chi connectivity index (χ2n) is 18.0. The first-order valence-corrected chi connectivity index (χ1v) is 22.5. The Balaban J connectivity index is 1.21. The van der Waals surface area contributed by atoms with E-state index >= 15 is 0 Å². The highest BCUT2D eigenvalue weighted by atomic mass is 15.2. The van der Waals surface area contributed by atoms with Crippen LogP contribution >= 0.6 is 0 Å². The summed E-state index contributed by atoms with van der Waals surface area (Å²) >= 11 is 0. The standard InChI is InChI=1S/C56H62N2/c1-7-9-19-43-33-39(3)53(40(4)34-43)57(45-21-13-11-14-22-45)47-25-27-49-50-28-26-48(38-52(50)56-31-17-29-55(56,30-18-32-56)51(49)37-47)58(46-23-15-12-16-24-46)54-41(5)35-44(20-10-8-2)36-42(54)6/h11-16,21-28,33-38H,7-10,17-20,29-32H2,1-6H3/t55-,56+.